The number of thioether (sulfide) groups is 1. The zero-order chi connectivity index (χ0) is 15.3. The molecule has 0 spiro atoms. The Morgan fingerprint density at radius 1 is 0.591 bits per heavy atom. The van der Waals surface area contributed by atoms with Crippen LogP contribution in [0.2, 0.25) is 0 Å². The van der Waals surface area contributed by atoms with Gasteiger partial charge in [-0.3, -0.25) is 0 Å². The molecule has 3 rings (SSSR count). The quantitative estimate of drug-likeness (QED) is 0.652. The van der Waals surface area contributed by atoms with Crippen molar-refractivity contribution in [2.45, 2.75) is 0 Å². The summed E-state index contributed by atoms with van der Waals surface area (Å²) in [7, 11) is 0. The standard InChI is InChI=1S/C20H19PS/c1-22-17-21(18-11-5-2-6-12-18,19-13-7-3-8-14-19)20-15-9-4-10-16-20/h2-17H,1H3. The van der Waals surface area contributed by atoms with Gasteiger partial charge in [0.2, 0.25) is 0 Å². The molecule has 0 amide bonds. The van der Waals surface area contributed by atoms with Gasteiger partial charge in [0.1, 0.15) is 0 Å². The molecular formula is C20H19PS. The maximum atomic E-state index is 2.45. The summed E-state index contributed by atoms with van der Waals surface area (Å²) in [6, 6.07) is 32.7. The molecule has 0 radical (unpaired) electrons. The Morgan fingerprint density at radius 2 is 0.909 bits per heavy atom. The van der Waals surface area contributed by atoms with Crippen molar-refractivity contribution in [3.8, 4) is 0 Å². The van der Waals surface area contributed by atoms with Crippen LogP contribution in [-0.4, -0.2) is 11.4 Å². The van der Waals surface area contributed by atoms with Gasteiger partial charge < -0.3 is 0 Å². The third-order valence-electron chi connectivity index (χ3n) is 3.75. The summed E-state index contributed by atoms with van der Waals surface area (Å²) in [6.45, 7) is -1.72. The minimum absolute atomic E-state index is 1.40. The van der Waals surface area contributed by atoms with Crippen LogP contribution in [0, 0.1) is 0 Å². The maximum absolute atomic E-state index is 2.45. The molecule has 0 bridgehead atoms. The van der Waals surface area contributed by atoms with Crippen LogP contribution in [0.1, 0.15) is 0 Å². The van der Waals surface area contributed by atoms with E-state index in [4.69, 9.17) is 0 Å². The second kappa shape index (κ2) is 7.05. The summed E-state index contributed by atoms with van der Waals surface area (Å²) >= 11 is 1.82. The van der Waals surface area contributed by atoms with Crippen molar-refractivity contribution in [2.24, 2.45) is 0 Å². The van der Waals surface area contributed by atoms with E-state index in [-0.39, 0.29) is 0 Å². The molecule has 22 heavy (non-hydrogen) atoms. The lowest BCUT2D eigenvalue weighted by molar-refractivity contribution is 1.73. The molecule has 0 aliphatic rings. The molecule has 0 aliphatic carbocycles. The molecule has 110 valence electrons. The van der Waals surface area contributed by atoms with E-state index in [9.17, 15) is 0 Å². The lowest BCUT2D eigenvalue weighted by atomic mass is 10.4. The number of hydrogen-bond acceptors (Lipinski definition) is 1. The van der Waals surface area contributed by atoms with E-state index in [1.165, 1.54) is 15.9 Å². The topological polar surface area (TPSA) is 0 Å². The van der Waals surface area contributed by atoms with Crippen LogP contribution in [0.3, 0.4) is 0 Å². The molecule has 0 aromatic heterocycles. The van der Waals surface area contributed by atoms with Crippen LogP contribution >= 0.6 is 18.6 Å². The minimum Gasteiger partial charge on any atom is -0.136 e. The predicted molar refractivity (Wildman–Crippen MR) is 105 cm³/mol. The molecule has 0 atom stereocenters. The molecule has 2 heteroatoms. The molecule has 3 aromatic rings. The van der Waals surface area contributed by atoms with Gasteiger partial charge in [0, 0.05) is 0 Å². The van der Waals surface area contributed by atoms with Gasteiger partial charge in [0.05, 0.1) is 0 Å². The lowest BCUT2D eigenvalue weighted by Crippen LogP contribution is -2.26. The van der Waals surface area contributed by atoms with Gasteiger partial charge in [-0.25, -0.2) is 0 Å². The summed E-state index contributed by atoms with van der Waals surface area (Å²) in [5.41, 5.74) is 0. The van der Waals surface area contributed by atoms with Crippen molar-refractivity contribution in [1.29, 1.82) is 0 Å². The fraction of sp³-hybridized carbons (Fsp3) is 0.0500. The van der Waals surface area contributed by atoms with E-state index < -0.39 is 6.89 Å². The predicted octanol–water partition coefficient (Wildman–Crippen LogP) is 4.10. The Kier molecular flexibility index (Phi) is 4.87. The van der Waals surface area contributed by atoms with Crippen LogP contribution in [-0.2, 0) is 0 Å². The highest BCUT2D eigenvalue weighted by Gasteiger charge is 2.24. The Labute approximate surface area is 137 Å². The average molecular weight is 322 g/mol. The monoisotopic (exact) mass is 322 g/mol. The van der Waals surface area contributed by atoms with Gasteiger partial charge in [-0.05, 0) is 34.2 Å². The number of rotatable bonds is 4. The minimum atomic E-state index is -1.72. The van der Waals surface area contributed by atoms with Gasteiger partial charge in [0.25, 0.3) is 0 Å². The Morgan fingerprint density at radius 3 is 1.18 bits per heavy atom. The van der Waals surface area contributed by atoms with Crippen molar-refractivity contribution < 1.29 is 0 Å². The van der Waals surface area contributed by atoms with E-state index in [1.54, 1.807) is 0 Å². The van der Waals surface area contributed by atoms with Crippen molar-refractivity contribution in [2.75, 3.05) is 6.26 Å². The molecular weight excluding hydrogens is 303 g/mol. The second-order valence-electron chi connectivity index (χ2n) is 5.07. The van der Waals surface area contributed by atoms with E-state index in [0.717, 1.165) is 0 Å². The zero-order valence-corrected chi connectivity index (χ0v) is 14.3. The largest absolute Gasteiger partial charge is 0.136 e. The molecule has 0 nitrogen and oxygen atoms in total. The zero-order valence-electron chi connectivity index (χ0n) is 12.6. The van der Waals surface area contributed by atoms with Gasteiger partial charge in [-0.15, -0.1) is 11.8 Å². The van der Waals surface area contributed by atoms with Crippen LogP contribution in [0.4, 0.5) is 0 Å². The van der Waals surface area contributed by atoms with Gasteiger partial charge in [0.15, 0.2) is 0 Å². The smallest absolute Gasteiger partial charge is 0.0142 e. The first kappa shape index (κ1) is 15.2. The number of hydrogen-bond donors (Lipinski definition) is 0. The first-order valence-electron chi connectivity index (χ1n) is 7.31. The van der Waals surface area contributed by atoms with Gasteiger partial charge in [-0.1, -0.05) is 91.0 Å². The van der Waals surface area contributed by atoms with Crippen molar-refractivity contribution in [3.63, 3.8) is 0 Å². The highest BCUT2D eigenvalue weighted by atomic mass is 32.2. The van der Waals surface area contributed by atoms with Crippen LogP contribution in [0.5, 0.6) is 0 Å². The van der Waals surface area contributed by atoms with Crippen LogP contribution in [0.25, 0.3) is 0 Å². The molecule has 0 saturated carbocycles. The summed E-state index contributed by atoms with van der Waals surface area (Å²) in [4.78, 5) is 0. The summed E-state index contributed by atoms with van der Waals surface area (Å²) in [5, 5.41) is 6.66. The summed E-state index contributed by atoms with van der Waals surface area (Å²) < 4.78 is 0. The number of benzene rings is 3. The van der Waals surface area contributed by atoms with Gasteiger partial charge in [-0.2, -0.15) is 0 Å². The van der Waals surface area contributed by atoms with E-state index in [0.29, 0.717) is 0 Å². The van der Waals surface area contributed by atoms with Crippen molar-refractivity contribution in [3.05, 3.63) is 91.0 Å². The highest BCUT2D eigenvalue weighted by molar-refractivity contribution is 8.22. The Balaban J connectivity index is 2.38. The summed E-state index contributed by atoms with van der Waals surface area (Å²) in [6.07, 6.45) is 2.16. The van der Waals surface area contributed by atoms with E-state index in [2.05, 4.69) is 102 Å². The van der Waals surface area contributed by atoms with E-state index in [1.807, 2.05) is 11.8 Å². The van der Waals surface area contributed by atoms with Gasteiger partial charge >= 0.3 is 0 Å². The SMILES string of the molecule is CSC=P(c1ccccc1)(c1ccccc1)c1ccccc1. The first-order chi connectivity index (χ1) is 10.9. The fourth-order valence-corrected chi connectivity index (χ4v) is 8.32. The summed E-state index contributed by atoms with van der Waals surface area (Å²) in [5.74, 6) is 0. The lowest BCUT2D eigenvalue weighted by Gasteiger charge is -2.28. The van der Waals surface area contributed by atoms with Crippen molar-refractivity contribution in [1.82, 2.24) is 0 Å². The second-order valence-corrected chi connectivity index (χ2v) is 9.38. The average Bonchev–Trinajstić information content (AvgIpc) is 2.62. The Bertz CT molecular complexity index is 661. The molecule has 0 aliphatic heterocycles. The molecule has 0 saturated heterocycles. The van der Waals surface area contributed by atoms with Crippen LogP contribution < -0.4 is 15.9 Å². The molecule has 0 heterocycles. The molecule has 0 unspecified atom stereocenters. The molecule has 3 aromatic carbocycles. The van der Waals surface area contributed by atoms with E-state index >= 15 is 0 Å². The molecule has 0 fully saturated rings. The first-order valence-corrected chi connectivity index (χ1v) is 10.5. The maximum Gasteiger partial charge on any atom is -0.0142 e. The highest BCUT2D eigenvalue weighted by Crippen LogP contribution is 2.44. The third-order valence-corrected chi connectivity index (χ3v) is 9.20. The normalized spacial score (nSPS) is 11.1. The van der Waals surface area contributed by atoms with Crippen LogP contribution in [0.15, 0.2) is 91.0 Å². The third kappa shape index (κ3) is 2.79. The molecule has 0 N–H and O–H groups in total. The fourth-order valence-electron chi connectivity index (χ4n) is 2.78. The Hall–Kier alpha value is -1.69. The van der Waals surface area contributed by atoms with Crippen molar-refractivity contribution >= 4 is 39.7 Å².